The van der Waals surface area contributed by atoms with E-state index in [1.807, 2.05) is 0 Å². The monoisotopic (exact) mass is 560 g/mol. The summed E-state index contributed by atoms with van der Waals surface area (Å²) in [5, 5.41) is 9.29. The van der Waals surface area contributed by atoms with Crippen LogP contribution in [0.1, 0.15) is 34.6 Å². The van der Waals surface area contributed by atoms with Crippen molar-refractivity contribution in [1.82, 2.24) is 4.57 Å². The molecule has 0 bridgehead atoms. The van der Waals surface area contributed by atoms with Gasteiger partial charge in [0.2, 0.25) is 0 Å². The van der Waals surface area contributed by atoms with Crippen LogP contribution in [-0.2, 0) is 9.53 Å². The topological polar surface area (TPSA) is 130 Å². The van der Waals surface area contributed by atoms with E-state index in [2.05, 4.69) is 4.99 Å². The Morgan fingerprint density at radius 2 is 1.88 bits per heavy atom. The lowest BCUT2D eigenvalue weighted by Gasteiger charge is -2.25. The maximum Gasteiger partial charge on any atom is 0.338 e. The van der Waals surface area contributed by atoms with Crippen LogP contribution in [0.4, 0.5) is 0 Å². The van der Waals surface area contributed by atoms with Crippen LogP contribution < -0.4 is 24.4 Å². The average Bonchev–Trinajstić information content (AvgIpc) is 3.55. The maximum atomic E-state index is 13.8. The summed E-state index contributed by atoms with van der Waals surface area (Å²) >= 11 is 1.15. The molecule has 1 unspecified atom stereocenters. The molecule has 0 spiro atoms. The molecule has 0 aliphatic carbocycles. The van der Waals surface area contributed by atoms with E-state index in [9.17, 15) is 19.5 Å². The highest BCUT2D eigenvalue weighted by atomic mass is 32.1. The second-order valence-corrected chi connectivity index (χ2v) is 9.78. The number of hydrogen-bond acceptors (Lipinski definition) is 9. The van der Waals surface area contributed by atoms with Crippen LogP contribution >= 0.6 is 11.3 Å². The number of furan rings is 1. The molecular formula is C29H24N2O8S. The number of thiazole rings is 1. The van der Waals surface area contributed by atoms with Gasteiger partial charge in [0.25, 0.3) is 5.56 Å². The number of allylic oxidation sites excluding steroid dienone is 1. The van der Waals surface area contributed by atoms with Gasteiger partial charge in [0.05, 0.1) is 42.7 Å². The van der Waals surface area contributed by atoms with Crippen LogP contribution in [0.2, 0.25) is 0 Å². The molecule has 10 nitrogen and oxygen atoms in total. The number of carbonyl (C=O) groups is 2. The highest BCUT2D eigenvalue weighted by Crippen LogP contribution is 2.37. The van der Waals surface area contributed by atoms with Gasteiger partial charge in [0.1, 0.15) is 29.1 Å². The van der Waals surface area contributed by atoms with E-state index in [0.29, 0.717) is 49.2 Å². The molecule has 0 saturated carbocycles. The van der Waals surface area contributed by atoms with Crippen molar-refractivity contribution in [2.75, 3.05) is 21.3 Å². The van der Waals surface area contributed by atoms with E-state index < -0.39 is 18.0 Å². The zero-order valence-corrected chi connectivity index (χ0v) is 22.8. The Hall–Kier alpha value is -4.90. The molecule has 0 amide bonds. The maximum absolute atomic E-state index is 13.8. The third kappa shape index (κ3) is 4.71. The summed E-state index contributed by atoms with van der Waals surface area (Å²) in [7, 11) is 4.30. The van der Waals surface area contributed by atoms with E-state index in [-0.39, 0.29) is 16.7 Å². The number of carboxylic acids is 1. The van der Waals surface area contributed by atoms with Gasteiger partial charge in [-0.15, -0.1) is 0 Å². The molecule has 1 N–H and O–H groups in total. The summed E-state index contributed by atoms with van der Waals surface area (Å²) in [6, 6.07) is 14.1. The largest absolute Gasteiger partial charge is 0.497 e. The lowest BCUT2D eigenvalue weighted by Crippen LogP contribution is -2.40. The van der Waals surface area contributed by atoms with Crippen LogP contribution in [0.3, 0.4) is 0 Å². The lowest BCUT2D eigenvalue weighted by molar-refractivity contribution is -0.136. The quantitative estimate of drug-likeness (QED) is 0.341. The Labute approximate surface area is 231 Å². The smallest absolute Gasteiger partial charge is 0.338 e. The van der Waals surface area contributed by atoms with Gasteiger partial charge in [-0.05, 0) is 43.3 Å². The minimum atomic E-state index is -1.04. The SMILES string of the molecule is COC(=O)C1=C(C)N=c2s/c(=C\c3ccc(-c4cccc(C(=O)O)c4)o3)c(=O)n2C1c1ccc(OC)cc1OC. The Balaban J connectivity index is 1.65. The zero-order chi connectivity index (χ0) is 28.6. The number of esters is 1. The number of hydrogen-bond donors (Lipinski definition) is 1. The second-order valence-electron chi connectivity index (χ2n) is 8.77. The molecule has 0 fully saturated rings. The predicted molar refractivity (Wildman–Crippen MR) is 146 cm³/mol. The van der Waals surface area contributed by atoms with Gasteiger partial charge in [0, 0.05) is 23.3 Å². The van der Waals surface area contributed by atoms with E-state index >= 15 is 0 Å². The van der Waals surface area contributed by atoms with Crippen molar-refractivity contribution in [1.29, 1.82) is 0 Å². The first-order valence-electron chi connectivity index (χ1n) is 12.0. The Bertz CT molecular complexity index is 1860. The van der Waals surface area contributed by atoms with Crippen molar-refractivity contribution < 1.29 is 33.3 Å². The second kappa shape index (κ2) is 10.7. The minimum Gasteiger partial charge on any atom is -0.497 e. The number of carboxylic acid groups (broad SMARTS) is 1. The summed E-state index contributed by atoms with van der Waals surface area (Å²) in [6.45, 7) is 1.69. The van der Waals surface area contributed by atoms with E-state index in [1.165, 1.54) is 38.0 Å². The van der Waals surface area contributed by atoms with Crippen molar-refractivity contribution in [3.05, 3.63) is 102 Å². The molecule has 11 heteroatoms. The first-order chi connectivity index (χ1) is 19.2. The van der Waals surface area contributed by atoms with E-state index in [0.717, 1.165) is 11.3 Å². The Morgan fingerprint density at radius 3 is 2.58 bits per heavy atom. The van der Waals surface area contributed by atoms with Crippen molar-refractivity contribution in [3.8, 4) is 22.8 Å². The molecule has 1 aliphatic heterocycles. The molecule has 204 valence electrons. The van der Waals surface area contributed by atoms with Crippen LogP contribution in [0.5, 0.6) is 11.5 Å². The van der Waals surface area contributed by atoms with E-state index in [1.54, 1.807) is 55.5 Å². The van der Waals surface area contributed by atoms with Crippen LogP contribution in [0, 0.1) is 0 Å². The average molecular weight is 561 g/mol. The van der Waals surface area contributed by atoms with Crippen LogP contribution in [0.25, 0.3) is 17.4 Å². The van der Waals surface area contributed by atoms with Gasteiger partial charge in [-0.3, -0.25) is 9.36 Å². The van der Waals surface area contributed by atoms with Crippen LogP contribution in [0.15, 0.2) is 80.1 Å². The number of benzene rings is 2. The molecule has 0 radical (unpaired) electrons. The number of fused-ring (bicyclic) bond motifs is 1. The first-order valence-corrected chi connectivity index (χ1v) is 12.8. The number of ether oxygens (including phenoxy) is 3. The predicted octanol–water partition coefficient (Wildman–Crippen LogP) is 3.38. The standard InChI is InChI=1S/C29H24N2O8S/c1-15-24(28(35)38-4)25(20-10-8-18(36-2)13-22(20)37-3)31-26(32)23(40-29(31)30-15)14-19-9-11-21(39-19)16-6-5-7-17(12-16)27(33)34/h5-14,25H,1-4H3,(H,33,34)/b23-14-. The number of nitrogens with zero attached hydrogens (tertiary/aromatic N) is 2. The fraction of sp³-hybridized carbons (Fsp3) is 0.172. The molecule has 3 heterocycles. The van der Waals surface area contributed by atoms with Gasteiger partial charge in [-0.2, -0.15) is 0 Å². The summed E-state index contributed by atoms with van der Waals surface area (Å²) in [4.78, 5) is 43.0. The Morgan fingerprint density at radius 1 is 1.07 bits per heavy atom. The minimum absolute atomic E-state index is 0.134. The normalized spacial score (nSPS) is 14.9. The number of methoxy groups -OCH3 is 3. The highest BCUT2D eigenvalue weighted by molar-refractivity contribution is 7.07. The first kappa shape index (κ1) is 26.7. The molecule has 0 saturated heterocycles. The van der Waals surface area contributed by atoms with Crippen molar-refractivity contribution in [2.45, 2.75) is 13.0 Å². The molecule has 2 aromatic carbocycles. The molecule has 1 atom stereocenters. The summed E-state index contributed by atoms with van der Waals surface area (Å²) in [6.07, 6.45) is 1.59. The molecule has 1 aliphatic rings. The number of aromatic nitrogens is 1. The van der Waals surface area contributed by atoms with Crippen molar-refractivity contribution >= 4 is 29.4 Å². The summed E-state index contributed by atoms with van der Waals surface area (Å²) in [5.74, 6) is 0.164. The fourth-order valence-corrected chi connectivity index (χ4v) is 5.58. The summed E-state index contributed by atoms with van der Waals surface area (Å²) in [5.41, 5.74) is 1.53. The van der Waals surface area contributed by atoms with Gasteiger partial charge in [-0.1, -0.05) is 23.5 Å². The van der Waals surface area contributed by atoms with Gasteiger partial charge in [0.15, 0.2) is 4.80 Å². The van der Waals surface area contributed by atoms with E-state index in [4.69, 9.17) is 18.6 Å². The number of aromatic carboxylic acids is 1. The van der Waals surface area contributed by atoms with Gasteiger partial charge < -0.3 is 23.7 Å². The molecule has 4 aromatic rings. The molecular weight excluding hydrogens is 536 g/mol. The third-order valence-corrected chi connectivity index (χ3v) is 7.44. The van der Waals surface area contributed by atoms with Gasteiger partial charge >= 0.3 is 11.9 Å². The molecule has 5 rings (SSSR count). The zero-order valence-electron chi connectivity index (χ0n) is 22.0. The van der Waals surface area contributed by atoms with Crippen molar-refractivity contribution in [2.24, 2.45) is 4.99 Å². The number of carbonyl (C=O) groups excluding carboxylic acids is 1. The highest BCUT2D eigenvalue weighted by Gasteiger charge is 2.35. The molecule has 2 aromatic heterocycles. The van der Waals surface area contributed by atoms with Crippen molar-refractivity contribution in [3.63, 3.8) is 0 Å². The van der Waals surface area contributed by atoms with Crippen LogP contribution in [-0.4, -0.2) is 42.9 Å². The fourth-order valence-electron chi connectivity index (χ4n) is 4.55. The van der Waals surface area contributed by atoms with Gasteiger partial charge in [-0.25, -0.2) is 14.6 Å². The number of rotatable bonds is 7. The lowest BCUT2D eigenvalue weighted by atomic mass is 9.95. The Kier molecular flexibility index (Phi) is 7.14. The third-order valence-electron chi connectivity index (χ3n) is 6.46. The summed E-state index contributed by atoms with van der Waals surface area (Å²) < 4.78 is 23.7. The molecule has 40 heavy (non-hydrogen) atoms.